The highest BCUT2D eigenvalue weighted by Gasteiger charge is 2.16. The highest BCUT2D eigenvalue weighted by Crippen LogP contribution is 2.25. The molecule has 0 saturated heterocycles. The van der Waals surface area contributed by atoms with E-state index in [-0.39, 0.29) is 11.9 Å². The number of fused-ring (bicyclic) bond motifs is 1. The van der Waals surface area contributed by atoms with E-state index in [0.29, 0.717) is 6.61 Å². The predicted octanol–water partition coefficient (Wildman–Crippen LogP) is 6.19. The summed E-state index contributed by atoms with van der Waals surface area (Å²) in [6, 6.07) is 12.0. The van der Waals surface area contributed by atoms with Crippen LogP contribution in [0, 0.1) is 0 Å². The Morgan fingerprint density at radius 1 is 1.04 bits per heavy atom. The van der Waals surface area contributed by atoms with Crippen molar-refractivity contribution < 1.29 is 14.3 Å². The zero-order chi connectivity index (χ0) is 19.8. The molecule has 2 aromatic carbocycles. The Labute approximate surface area is 162 Å². The fourth-order valence-corrected chi connectivity index (χ4v) is 2.86. The van der Waals surface area contributed by atoms with Gasteiger partial charge in [-0.25, -0.2) is 0 Å². The maximum Gasteiger partial charge on any atom is 0.313 e. The molecular weight excluding hydrogens is 336 g/mol. The van der Waals surface area contributed by atoms with Crippen LogP contribution in [-0.4, -0.2) is 19.7 Å². The average molecular weight is 367 g/mol. The second kappa shape index (κ2) is 9.96. The summed E-state index contributed by atoms with van der Waals surface area (Å²) >= 11 is 0. The number of esters is 1. The Morgan fingerprint density at radius 3 is 2.44 bits per heavy atom. The summed E-state index contributed by atoms with van der Waals surface area (Å²) in [4.78, 5) is 12.4. The van der Waals surface area contributed by atoms with Crippen LogP contribution in [-0.2, 0) is 9.53 Å². The van der Waals surface area contributed by atoms with E-state index >= 15 is 0 Å². The molecule has 1 unspecified atom stereocenters. The van der Waals surface area contributed by atoms with E-state index < -0.39 is 0 Å². The SMILES string of the molecule is COc1ccc2cc(C(C)C(=O)OC/C=C(\C)CCC=C(C)C)ccc2c1. The number of rotatable bonds is 8. The van der Waals surface area contributed by atoms with Gasteiger partial charge < -0.3 is 9.47 Å². The van der Waals surface area contributed by atoms with Gasteiger partial charge in [-0.05, 0) is 75.1 Å². The summed E-state index contributed by atoms with van der Waals surface area (Å²) in [6.07, 6.45) is 6.24. The van der Waals surface area contributed by atoms with Crippen molar-refractivity contribution in [2.45, 2.75) is 46.5 Å². The number of allylic oxidation sites excluding steroid dienone is 3. The number of carbonyl (C=O) groups excluding carboxylic acids is 1. The van der Waals surface area contributed by atoms with Gasteiger partial charge in [0.25, 0.3) is 0 Å². The molecule has 3 nitrogen and oxygen atoms in total. The molecule has 0 amide bonds. The molecule has 2 rings (SSSR count). The number of ether oxygens (including phenoxy) is 2. The van der Waals surface area contributed by atoms with Crippen molar-refractivity contribution in [3.8, 4) is 5.75 Å². The Hall–Kier alpha value is -2.55. The molecule has 0 aliphatic carbocycles. The lowest BCUT2D eigenvalue weighted by atomic mass is 9.98. The number of hydrogen-bond donors (Lipinski definition) is 0. The molecule has 0 N–H and O–H groups in total. The van der Waals surface area contributed by atoms with E-state index in [9.17, 15) is 4.79 Å². The lowest BCUT2D eigenvalue weighted by Crippen LogP contribution is -2.13. The van der Waals surface area contributed by atoms with Crippen LogP contribution in [0.15, 0.2) is 59.7 Å². The van der Waals surface area contributed by atoms with Crippen molar-refractivity contribution in [1.29, 1.82) is 0 Å². The first-order valence-electron chi connectivity index (χ1n) is 9.44. The van der Waals surface area contributed by atoms with Crippen molar-refractivity contribution >= 4 is 16.7 Å². The van der Waals surface area contributed by atoms with Gasteiger partial charge in [-0.1, -0.05) is 41.5 Å². The molecule has 1 atom stereocenters. The van der Waals surface area contributed by atoms with Gasteiger partial charge in [-0.2, -0.15) is 0 Å². The summed E-state index contributed by atoms with van der Waals surface area (Å²) in [7, 11) is 1.66. The second-order valence-corrected chi connectivity index (χ2v) is 7.19. The maximum absolute atomic E-state index is 12.4. The normalized spacial score (nSPS) is 12.6. The molecule has 0 aliphatic rings. The molecule has 3 heteroatoms. The lowest BCUT2D eigenvalue weighted by Gasteiger charge is -2.12. The van der Waals surface area contributed by atoms with Crippen LogP contribution in [0.1, 0.15) is 52.0 Å². The molecule has 27 heavy (non-hydrogen) atoms. The highest BCUT2D eigenvalue weighted by atomic mass is 16.5. The van der Waals surface area contributed by atoms with Crippen molar-refractivity contribution in [3.05, 3.63) is 65.3 Å². The fourth-order valence-electron chi connectivity index (χ4n) is 2.86. The quantitative estimate of drug-likeness (QED) is 0.413. The molecule has 0 aliphatic heterocycles. The van der Waals surface area contributed by atoms with Gasteiger partial charge in [0, 0.05) is 0 Å². The van der Waals surface area contributed by atoms with E-state index in [1.165, 1.54) is 11.1 Å². The van der Waals surface area contributed by atoms with Crippen molar-refractivity contribution in [2.24, 2.45) is 0 Å². The standard InChI is InChI=1S/C24H30O3/c1-17(2)7-6-8-18(3)13-14-27-24(25)19(4)20-9-10-22-16-23(26-5)12-11-21(22)15-20/h7,9-13,15-16,19H,6,8,14H2,1-5H3/b18-13+. The third-order valence-corrected chi connectivity index (χ3v) is 4.67. The van der Waals surface area contributed by atoms with E-state index in [2.05, 4.69) is 26.8 Å². The van der Waals surface area contributed by atoms with Gasteiger partial charge in [0.15, 0.2) is 0 Å². The van der Waals surface area contributed by atoms with Gasteiger partial charge in [0.1, 0.15) is 12.4 Å². The number of carbonyl (C=O) groups is 1. The zero-order valence-corrected chi connectivity index (χ0v) is 17.0. The summed E-state index contributed by atoms with van der Waals surface area (Å²) in [5.74, 6) is 0.335. The van der Waals surface area contributed by atoms with Crippen LogP contribution in [0.5, 0.6) is 5.75 Å². The van der Waals surface area contributed by atoms with E-state index in [1.54, 1.807) is 7.11 Å². The molecule has 0 bridgehead atoms. The fraction of sp³-hybridized carbons (Fsp3) is 0.375. The summed E-state index contributed by atoms with van der Waals surface area (Å²) in [6.45, 7) is 8.50. The van der Waals surface area contributed by atoms with Gasteiger partial charge in [0.05, 0.1) is 13.0 Å². The Bertz CT molecular complexity index is 842. The minimum atomic E-state index is -0.295. The molecule has 2 aromatic rings. The van der Waals surface area contributed by atoms with Gasteiger partial charge in [0.2, 0.25) is 0 Å². The molecule has 0 aromatic heterocycles. The van der Waals surface area contributed by atoms with Crippen molar-refractivity contribution in [3.63, 3.8) is 0 Å². The first kappa shape index (κ1) is 20.8. The van der Waals surface area contributed by atoms with Gasteiger partial charge in [-0.3, -0.25) is 4.79 Å². The topological polar surface area (TPSA) is 35.5 Å². The van der Waals surface area contributed by atoms with E-state index in [4.69, 9.17) is 9.47 Å². The van der Waals surface area contributed by atoms with Crippen LogP contribution in [0.4, 0.5) is 0 Å². The highest BCUT2D eigenvalue weighted by molar-refractivity contribution is 5.86. The van der Waals surface area contributed by atoms with E-state index in [1.807, 2.05) is 49.4 Å². The smallest absolute Gasteiger partial charge is 0.313 e. The first-order chi connectivity index (χ1) is 12.9. The minimum absolute atomic E-state index is 0.198. The summed E-state index contributed by atoms with van der Waals surface area (Å²) in [5.41, 5.74) is 3.53. The summed E-state index contributed by atoms with van der Waals surface area (Å²) < 4.78 is 10.7. The Kier molecular flexibility index (Phi) is 7.66. The Morgan fingerprint density at radius 2 is 1.74 bits per heavy atom. The lowest BCUT2D eigenvalue weighted by molar-refractivity contribution is -0.143. The van der Waals surface area contributed by atoms with E-state index in [0.717, 1.165) is 34.9 Å². The minimum Gasteiger partial charge on any atom is -0.497 e. The molecule has 144 valence electrons. The second-order valence-electron chi connectivity index (χ2n) is 7.19. The van der Waals surface area contributed by atoms with Crippen LogP contribution in [0.25, 0.3) is 10.8 Å². The van der Waals surface area contributed by atoms with Gasteiger partial charge in [-0.15, -0.1) is 0 Å². The first-order valence-corrected chi connectivity index (χ1v) is 9.44. The molecule has 0 spiro atoms. The Balaban J connectivity index is 1.94. The largest absolute Gasteiger partial charge is 0.497 e. The third-order valence-electron chi connectivity index (χ3n) is 4.67. The molecule has 0 heterocycles. The molecular formula is C24H30O3. The van der Waals surface area contributed by atoms with Crippen molar-refractivity contribution in [1.82, 2.24) is 0 Å². The van der Waals surface area contributed by atoms with Crippen LogP contribution >= 0.6 is 0 Å². The van der Waals surface area contributed by atoms with Crippen LogP contribution in [0.2, 0.25) is 0 Å². The number of hydrogen-bond acceptors (Lipinski definition) is 3. The van der Waals surface area contributed by atoms with Crippen LogP contribution < -0.4 is 4.74 Å². The van der Waals surface area contributed by atoms with Crippen LogP contribution in [0.3, 0.4) is 0 Å². The zero-order valence-electron chi connectivity index (χ0n) is 17.0. The predicted molar refractivity (Wildman–Crippen MR) is 112 cm³/mol. The van der Waals surface area contributed by atoms with Gasteiger partial charge >= 0.3 is 5.97 Å². The van der Waals surface area contributed by atoms with Crippen molar-refractivity contribution in [2.75, 3.05) is 13.7 Å². The maximum atomic E-state index is 12.4. The number of methoxy groups -OCH3 is 1. The third kappa shape index (κ3) is 6.28. The summed E-state index contributed by atoms with van der Waals surface area (Å²) in [5, 5.41) is 2.18. The number of benzene rings is 2. The molecule has 0 fully saturated rings. The average Bonchev–Trinajstić information content (AvgIpc) is 2.66. The molecule has 0 radical (unpaired) electrons. The molecule has 0 saturated carbocycles. The monoisotopic (exact) mass is 366 g/mol.